The number of aliphatic carboxylic acids is 1. The lowest BCUT2D eigenvalue weighted by atomic mass is 9.54. The number of carbonyl (C=O) groups is 3. The van der Waals surface area contributed by atoms with Crippen molar-refractivity contribution in [1.82, 2.24) is 10.6 Å². The third-order valence-electron chi connectivity index (χ3n) is 4.86. The van der Waals surface area contributed by atoms with Crippen LogP contribution < -0.4 is 10.6 Å². The van der Waals surface area contributed by atoms with Crippen molar-refractivity contribution in [3.63, 3.8) is 0 Å². The molecule has 0 aromatic carbocycles. The SMILES string of the molecule is CCCNC(=O)CCCC(=O)NC1(C(=O)O)CC(OCC)C1(C)C. The van der Waals surface area contributed by atoms with Crippen molar-refractivity contribution in [3.05, 3.63) is 0 Å². The van der Waals surface area contributed by atoms with E-state index in [4.69, 9.17) is 4.74 Å². The monoisotopic (exact) mass is 342 g/mol. The second-order valence-corrected chi connectivity index (χ2v) is 6.83. The molecular weight excluding hydrogens is 312 g/mol. The van der Waals surface area contributed by atoms with E-state index in [1.165, 1.54) is 0 Å². The van der Waals surface area contributed by atoms with E-state index in [9.17, 15) is 19.5 Å². The highest BCUT2D eigenvalue weighted by molar-refractivity contribution is 5.89. The van der Waals surface area contributed by atoms with Gasteiger partial charge >= 0.3 is 5.97 Å². The second-order valence-electron chi connectivity index (χ2n) is 6.83. The van der Waals surface area contributed by atoms with Crippen molar-refractivity contribution >= 4 is 17.8 Å². The summed E-state index contributed by atoms with van der Waals surface area (Å²) in [7, 11) is 0. The van der Waals surface area contributed by atoms with Crippen LogP contribution in [0.1, 0.15) is 59.8 Å². The van der Waals surface area contributed by atoms with Gasteiger partial charge in [-0.05, 0) is 19.8 Å². The maximum absolute atomic E-state index is 12.2. The maximum atomic E-state index is 12.2. The van der Waals surface area contributed by atoms with Gasteiger partial charge in [-0.1, -0.05) is 20.8 Å². The average Bonchev–Trinajstić information content (AvgIpc) is 2.51. The number of carbonyl (C=O) groups excluding carboxylic acids is 2. The molecule has 2 amide bonds. The van der Waals surface area contributed by atoms with Crippen LogP contribution in [0.3, 0.4) is 0 Å². The van der Waals surface area contributed by atoms with Crippen molar-refractivity contribution in [3.8, 4) is 0 Å². The number of hydrogen-bond donors (Lipinski definition) is 3. The predicted molar refractivity (Wildman–Crippen MR) is 89.5 cm³/mol. The molecule has 0 saturated heterocycles. The molecule has 1 rings (SSSR count). The normalized spacial score (nSPS) is 24.8. The first kappa shape index (κ1) is 20.4. The van der Waals surface area contributed by atoms with Gasteiger partial charge in [0, 0.05) is 37.8 Å². The number of ether oxygens (including phenoxy) is 1. The average molecular weight is 342 g/mol. The Balaban J connectivity index is 2.54. The molecule has 0 heterocycles. The highest BCUT2D eigenvalue weighted by Crippen LogP contribution is 2.51. The van der Waals surface area contributed by atoms with Gasteiger partial charge in [0.05, 0.1) is 6.10 Å². The van der Waals surface area contributed by atoms with Gasteiger partial charge in [-0.25, -0.2) is 4.79 Å². The number of hydrogen-bond acceptors (Lipinski definition) is 4. The Morgan fingerprint density at radius 1 is 1.17 bits per heavy atom. The van der Waals surface area contributed by atoms with Crippen LogP contribution in [0.2, 0.25) is 0 Å². The van der Waals surface area contributed by atoms with E-state index in [0.717, 1.165) is 6.42 Å². The zero-order valence-corrected chi connectivity index (χ0v) is 15.1. The minimum Gasteiger partial charge on any atom is -0.479 e. The first-order chi connectivity index (χ1) is 11.2. The Kier molecular flexibility index (Phi) is 7.20. The van der Waals surface area contributed by atoms with E-state index < -0.39 is 16.9 Å². The summed E-state index contributed by atoms with van der Waals surface area (Å²) in [6, 6.07) is 0. The molecule has 1 aliphatic rings. The highest BCUT2D eigenvalue weighted by Gasteiger charge is 2.66. The Labute approximate surface area is 143 Å². The van der Waals surface area contributed by atoms with Crippen LogP contribution in [0.5, 0.6) is 0 Å². The summed E-state index contributed by atoms with van der Waals surface area (Å²) in [6.07, 6.45) is 1.71. The molecule has 7 heteroatoms. The number of nitrogens with one attached hydrogen (secondary N) is 2. The van der Waals surface area contributed by atoms with Crippen LogP contribution in [0.4, 0.5) is 0 Å². The lowest BCUT2D eigenvalue weighted by Gasteiger charge is -2.58. The predicted octanol–water partition coefficient (Wildman–Crippen LogP) is 1.46. The van der Waals surface area contributed by atoms with E-state index in [1.807, 2.05) is 13.8 Å². The van der Waals surface area contributed by atoms with Crippen molar-refractivity contribution in [2.75, 3.05) is 13.2 Å². The largest absolute Gasteiger partial charge is 0.479 e. The Morgan fingerprint density at radius 3 is 2.29 bits per heavy atom. The van der Waals surface area contributed by atoms with Crippen molar-refractivity contribution in [2.45, 2.75) is 71.4 Å². The van der Waals surface area contributed by atoms with Gasteiger partial charge in [0.15, 0.2) is 0 Å². The molecule has 2 unspecified atom stereocenters. The minimum absolute atomic E-state index is 0.0852. The van der Waals surface area contributed by atoms with Gasteiger partial charge in [0.2, 0.25) is 11.8 Å². The van der Waals surface area contributed by atoms with E-state index in [0.29, 0.717) is 19.6 Å². The van der Waals surface area contributed by atoms with Crippen molar-refractivity contribution in [2.24, 2.45) is 5.41 Å². The molecule has 0 aliphatic heterocycles. The Morgan fingerprint density at radius 2 is 1.79 bits per heavy atom. The zero-order valence-electron chi connectivity index (χ0n) is 15.1. The first-order valence-electron chi connectivity index (χ1n) is 8.64. The lowest BCUT2D eigenvalue weighted by molar-refractivity contribution is -0.194. The summed E-state index contributed by atoms with van der Waals surface area (Å²) < 4.78 is 5.56. The first-order valence-corrected chi connectivity index (χ1v) is 8.64. The van der Waals surface area contributed by atoms with Crippen LogP contribution in [-0.2, 0) is 19.1 Å². The topological polar surface area (TPSA) is 105 Å². The molecule has 0 spiro atoms. The van der Waals surface area contributed by atoms with Gasteiger partial charge < -0.3 is 20.5 Å². The highest BCUT2D eigenvalue weighted by atomic mass is 16.5. The molecule has 7 nitrogen and oxygen atoms in total. The fourth-order valence-corrected chi connectivity index (χ4v) is 3.10. The molecule has 2 atom stereocenters. The van der Waals surface area contributed by atoms with Gasteiger partial charge in [-0.3, -0.25) is 9.59 Å². The van der Waals surface area contributed by atoms with Crippen LogP contribution in [0.25, 0.3) is 0 Å². The molecule has 3 N–H and O–H groups in total. The fraction of sp³-hybridized carbons (Fsp3) is 0.824. The summed E-state index contributed by atoms with van der Waals surface area (Å²) in [4.78, 5) is 35.4. The Hall–Kier alpha value is -1.63. The molecule has 0 bridgehead atoms. The minimum atomic E-state index is -1.31. The van der Waals surface area contributed by atoms with Gasteiger partial charge in [-0.2, -0.15) is 0 Å². The van der Waals surface area contributed by atoms with E-state index in [-0.39, 0.29) is 37.2 Å². The maximum Gasteiger partial charge on any atom is 0.330 e. The quantitative estimate of drug-likeness (QED) is 0.557. The number of rotatable bonds is 10. The van der Waals surface area contributed by atoms with Crippen LogP contribution in [0, 0.1) is 5.41 Å². The van der Waals surface area contributed by atoms with Gasteiger partial charge in [0.25, 0.3) is 0 Å². The third-order valence-corrected chi connectivity index (χ3v) is 4.86. The molecule has 24 heavy (non-hydrogen) atoms. The Bertz CT molecular complexity index is 478. The van der Waals surface area contributed by atoms with Crippen LogP contribution in [-0.4, -0.2) is 47.7 Å². The van der Waals surface area contributed by atoms with E-state index in [2.05, 4.69) is 10.6 Å². The van der Waals surface area contributed by atoms with Gasteiger partial charge in [0.1, 0.15) is 5.54 Å². The summed E-state index contributed by atoms with van der Waals surface area (Å²) >= 11 is 0. The van der Waals surface area contributed by atoms with Crippen molar-refractivity contribution in [1.29, 1.82) is 0 Å². The van der Waals surface area contributed by atoms with Crippen LogP contribution >= 0.6 is 0 Å². The smallest absolute Gasteiger partial charge is 0.330 e. The lowest BCUT2D eigenvalue weighted by Crippen LogP contribution is -2.76. The number of amides is 2. The molecular formula is C17H30N2O5. The van der Waals surface area contributed by atoms with E-state index >= 15 is 0 Å². The number of carboxylic acid groups (broad SMARTS) is 1. The zero-order chi connectivity index (χ0) is 18.4. The molecule has 1 aliphatic carbocycles. The third kappa shape index (κ3) is 4.26. The molecule has 0 radical (unpaired) electrons. The molecule has 0 aromatic heterocycles. The summed E-state index contributed by atoms with van der Waals surface area (Å²) in [5, 5.41) is 15.1. The molecule has 0 aromatic rings. The van der Waals surface area contributed by atoms with E-state index in [1.54, 1.807) is 13.8 Å². The van der Waals surface area contributed by atoms with Crippen LogP contribution in [0.15, 0.2) is 0 Å². The standard InChI is InChI=1S/C17H30N2O5/c1-5-10-18-13(20)8-7-9-14(21)19-17(15(22)23)11-12(24-6-2)16(17,3)4/h12H,5-11H2,1-4H3,(H,18,20)(H,19,21)(H,22,23). The molecule has 1 fully saturated rings. The number of carboxylic acids is 1. The fourth-order valence-electron chi connectivity index (χ4n) is 3.10. The summed E-state index contributed by atoms with van der Waals surface area (Å²) in [5.74, 6) is -1.47. The van der Waals surface area contributed by atoms with Gasteiger partial charge in [-0.15, -0.1) is 0 Å². The second kappa shape index (κ2) is 8.46. The van der Waals surface area contributed by atoms with Crippen molar-refractivity contribution < 1.29 is 24.2 Å². The molecule has 1 saturated carbocycles. The summed E-state index contributed by atoms with van der Waals surface area (Å²) in [6.45, 7) is 8.55. The molecule has 138 valence electrons. The summed E-state index contributed by atoms with van der Waals surface area (Å²) in [5.41, 5.74) is -2.00.